The number of amides is 2. The van der Waals surface area contributed by atoms with Gasteiger partial charge in [0.05, 0.1) is 0 Å². The number of halogens is 1. The van der Waals surface area contributed by atoms with E-state index in [0.29, 0.717) is 30.6 Å². The lowest BCUT2D eigenvalue weighted by molar-refractivity contribution is -0.128. The Labute approximate surface area is 143 Å². The summed E-state index contributed by atoms with van der Waals surface area (Å²) in [5.74, 6) is -0.299. The highest BCUT2D eigenvalue weighted by molar-refractivity contribution is 5.99. The van der Waals surface area contributed by atoms with Gasteiger partial charge in [-0.3, -0.25) is 9.59 Å². The highest BCUT2D eigenvalue weighted by atomic mass is 35.5. The van der Waals surface area contributed by atoms with Gasteiger partial charge in [0, 0.05) is 17.8 Å². The van der Waals surface area contributed by atoms with Crippen LogP contribution in [0.3, 0.4) is 0 Å². The fourth-order valence-corrected chi connectivity index (χ4v) is 2.94. The molecule has 0 saturated heterocycles. The Morgan fingerprint density at radius 3 is 2.52 bits per heavy atom. The number of nitrogens with one attached hydrogen (secondary N) is 2. The van der Waals surface area contributed by atoms with Gasteiger partial charge in [-0.05, 0) is 37.5 Å². The van der Waals surface area contributed by atoms with Crippen molar-refractivity contribution in [3.8, 4) is 0 Å². The molecule has 1 fully saturated rings. The van der Waals surface area contributed by atoms with Crippen molar-refractivity contribution in [1.82, 2.24) is 10.6 Å². The summed E-state index contributed by atoms with van der Waals surface area (Å²) >= 11 is 0. The Hall–Kier alpha value is -1.75. The summed E-state index contributed by atoms with van der Waals surface area (Å²) in [5, 5.41) is 5.91. The van der Waals surface area contributed by atoms with Gasteiger partial charge in [-0.25, -0.2) is 0 Å². The number of rotatable bonds is 5. The van der Waals surface area contributed by atoms with Gasteiger partial charge in [0.25, 0.3) is 5.91 Å². The molecule has 0 atom stereocenters. The first-order chi connectivity index (χ1) is 10.6. The molecule has 0 bridgehead atoms. The normalized spacial score (nSPS) is 16.0. The van der Waals surface area contributed by atoms with Gasteiger partial charge in [0.2, 0.25) is 5.91 Å². The molecule has 1 aliphatic carbocycles. The van der Waals surface area contributed by atoms with Crippen LogP contribution >= 0.6 is 12.4 Å². The lowest BCUT2D eigenvalue weighted by Crippen LogP contribution is -2.59. The molecule has 1 saturated carbocycles. The van der Waals surface area contributed by atoms with Crippen LogP contribution in [0.4, 0.5) is 5.69 Å². The van der Waals surface area contributed by atoms with Gasteiger partial charge in [-0.15, -0.1) is 12.4 Å². The monoisotopic (exact) mass is 339 g/mol. The maximum absolute atomic E-state index is 12.6. The maximum atomic E-state index is 12.6. The average molecular weight is 340 g/mol. The van der Waals surface area contributed by atoms with Crippen molar-refractivity contribution in [2.45, 2.75) is 51.0 Å². The predicted molar refractivity (Wildman–Crippen MR) is 94.7 cm³/mol. The van der Waals surface area contributed by atoms with Crippen LogP contribution in [-0.2, 0) is 4.79 Å². The van der Waals surface area contributed by atoms with Gasteiger partial charge in [-0.1, -0.05) is 32.3 Å². The summed E-state index contributed by atoms with van der Waals surface area (Å²) in [4.78, 5) is 25.1. The zero-order valence-corrected chi connectivity index (χ0v) is 14.4. The van der Waals surface area contributed by atoms with Crippen LogP contribution in [0.5, 0.6) is 0 Å². The number of benzene rings is 1. The molecule has 0 spiro atoms. The topological polar surface area (TPSA) is 84.2 Å². The van der Waals surface area contributed by atoms with E-state index in [9.17, 15) is 9.59 Å². The fourth-order valence-electron chi connectivity index (χ4n) is 2.94. The highest BCUT2D eigenvalue weighted by Crippen LogP contribution is 2.29. The van der Waals surface area contributed by atoms with E-state index >= 15 is 0 Å². The molecule has 1 aromatic carbocycles. The molecule has 0 unspecified atom stereocenters. The van der Waals surface area contributed by atoms with E-state index in [4.69, 9.17) is 5.73 Å². The molecular weight excluding hydrogens is 314 g/mol. The molecule has 2 rings (SSSR count). The quantitative estimate of drug-likeness (QED) is 0.721. The minimum Gasteiger partial charge on any atom is -0.399 e. The summed E-state index contributed by atoms with van der Waals surface area (Å²) in [5.41, 5.74) is 5.98. The van der Waals surface area contributed by atoms with Crippen LogP contribution in [-0.4, -0.2) is 23.9 Å². The van der Waals surface area contributed by atoms with Crippen molar-refractivity contribution in [2.24, 2.45) is 0 Å². The predicted octanol–water partition coefficient (Wildman–Crippen LogP) is 2.65. The van der Waals surface area contributed by atoms with Crippen LogP contribution < -0.4 is 16.4 Å². The first-order valence-corrected chi connectivity index (χ1v) is 8.04. The number of hydrogen-bond donors (Lipinski definition) is 3. The first-order valence-electron chi connectivity index (χ1n) is 8.04. The van der Waals surface area contributed by atoms with Crippen LogP contribution in [0.15, 0.2) is 24.3 Å². The van der Waals surface area contributed by atoms with E-state index in [1.54, 1.807) is 24.3 Å². The Balaban J connectivity index is 0.00000264. The van der Waals surface area contributed by atoms with E-state index in [1.165, 1.54) is 0 Å². The molecule has 0 aliphatic heterocycles. The van der Waals surface area contributed by atoms with Gasteiger partial charge in [0.1, 0.15) is 5.54 Å². The van der Waals surface area contributed by atoms with Crippen molar-refractivity contribution >= 4 is 29.9 Å². The van der Waals surface area contributed by atoms with Crippen molar-refractivity contribution in [2.75, 3.05) is 12.3 Å². The highest BCUT2D eigenvalue weighted by Gasteiger charge is 2.40. The van der Waals surface area contributed by atoms with Gasteiger partial charge in [0.15, 0.2) is 0 Å². The molecule has 0 radical (unpaired) electrons. The number of hydrogen-bond acceptors (Lipinski definition) is 3. The second-order valence-electron chi connectivity index (χ2n) is 5.98. The molecule has 23 heavy (non-hydrogen) atoms. The Morgan fingerprint density at radius 1 is 1.22 bits per heavy atom. The number of anilines is 1. The molecule has 5 nitrogen and oxygen atoms in total. The third-order valence-corrected chi connectivity index (χ3v) is 4.18. The summed E-state index contributed by atoms with van der Waals surface area (Å²) < 4.78 is 0. The summed E-state index contributed by atoms with van der Waals surface area (Å²) in [6, 6.07) is 6.83. The number of nitrogens with two attached hydrogens (primary N) is 1. The number of carbonyl (C=O) groups is 2. The molecule has 1 aromatic rings. The second-order valence-corrected chi connectivity index (χ2v) is 5.98. The lowest BCUT2D eigenvalue weighted by Gasteiger charge is -2.36. The Bertz CT molecular complexity index is 542. The molecule has 1 aliphatic rings. The molecule has 4 N–H and O–H groups in total. The van der Waals surface area contributed by atoms with Crippen molar-refractivity contribution in [1.29, 1.82) is 0 Å². The van der Waals surface area contributed by atoms with E-state index in [0.717, 1.165) is 25.7 Å². The standard InChI is InChI=1S/C17H25N3O2.ClH/c1-2-11-19-16(22)17(9-4-3-5-10-17)20-15(21)13-7-6-8-14(18)12-13;/h6-8,12H,2-5,9-11,18H2,1H3,(H,19,22)(H,20,21);1H. The average Bonchev–Trinajstić information content (AvgIpc) is 2.53. The molecule has 2 amide bonds. The molecule has 128 valence electrons. The fraction of sp³-hybridized carbons (Fsp3) is 0.529. The van der Waals surface area contributed by atoms with Gasteiger partial charge in [-0.2, -0.15) is 0 Å². The Kier molecular flexibility index (Phi) is 7.36. The van der Waals surface area contributed by atoms with Crippen molar-refractivity contribution < 1.29 is 9.59 Å². The van der Waals surface area contributed by atoms with Crippen LogP contribution in [0.2, 0.25) is 0 Å². The third kappa shape index (κ3) is 4.86. The van der Waals surface area contributed by atoms with Crippen LogP contribution in [0.1, 0.15) is 55.8 Å². The van der Waals surface area contributed by atoms with Crippen LogP contribution in [0.25, 0.3) is 0 Å². The number of nitrogen functional groups attached to an aromatic ring is 1. The minimum atomic E-state index is -0.783. The summed E-state index contributed by atoms with van der Waals surface area (Å²) in [6.07, 6.45) is 5.28. The van der Waals surface area contributed by atoms with Crippen molar-refractivity contribution in [3.63, 3.8) is 0 Å². The SMILES string of the molecule is CCCNC(=O)C1(NC(=O)c2cccc(N)c2)CCCCC1.Cl. The molecule has 0 aromatic heterocycles. The first kappa shape index (κ1) is 19.3. The third-order valence-electron chi connectivity index (χ3n) is 4.18. The molecule has 0 heterocycles. The van der Waals surface area contributed by atoms with Gasteiger partial charge >= 0.3 is 0 Å². The van der Waals surface area contributed by atoms with E-state index in [-0.39, 0.29) is 24.2 Å². The Morgan fingerprint density at radius 2 is 1.91 bits per heavy atom. The van der Waals surface area contributed by atoms with E-state index in [2.05, 4.69) is 10.6 Å². The minimum absolute atomic E-state index is 0. The molecular formula is C17H26ClN3O2. The zero-order valence-electron chi connectivity index (χ0n) is 13.6. The van der Waals surface area contributed by atoms with E-state index in [1.807, 2.05) is 6.92 Å². The van der Waals surface area contributed by atoms with Crippen molar-refractivity contribution in [3.05, 3.63) is 29.8 Å². The maximum Gasteiger partial charge on any atom is 0.252 e. The zero-order chi connectivity index (χ0) is 16.0. The smallest absolute Gasteiger partial charge is 0.252 e. The van der Waals surface area contributed by atoms with Gasteiger partial charge < -0.3 is 16.4 Å². The summed E-state index contributed by atoms with van der Waals surface area (Å²) in [7, 11) is 0. The summed E-state index contributed by atoms with van der Waals surface area (Å²) in [6.45, 7) is 2.65. The number of carbonyl (C=O) groups excluding carboxylic acids is 2. The lowest BCUT2D eigenvalue weighted by atomic mass is 9.80. The second kappa shape index (κ2) is 8.77. The van der Waals surface area contributed by atoms with E-state index < -0.39 is 5.54 Å². The van der Waals surface area contributed by atoms with Crippen LogP contribution in [0, 0.1) is 0 Å². The largest absolute Gasteiger partial charge is 0.399 e. The molecule has 6 heteroatoms.